The average Bonchev–Trinajstić information content (AvgIpc) is 2.61. The number of halogens is 1. The molecule has 2 aromatic rings. The first kappa shape index (κ1) is 9.64. The van der Waals surface area contributed by atoms with Gasteiger partial charge in [0.25, 0.3) is 0 Å². The van der Waals surface area contributed by atoms with Gasteiger partial charge in [-0.05, 0) is 18.6 Å². The van der Waals surface area contributed by atoms with E-state index in [1.165, 1.54) is 12.1 Å². The summed E-state index contributed by atoms with van der Waals surface area (Å²) in [4.78, 5) is 3.91. The van der Waals surface area contributed by atoms with Crippen molar-refractivity contribution in [2.45, 2.75) is 13.3 Å². The zero-order chi connectivity index (χ0) is 10.8. The molecular formula is C10H10FN3O. The highest BCUT2D eigenvalue weighted by atomic mass is 19.1. The third kappa shape index (κ3) is 1.68. The molecule has 0 aliphatic carbocycles. The summed E-state index contributed by atoms with van der Waals surface area (Å²) in [5.74, 6) is 0.484. The van der Waals surface area contributed by atoms with Gasteiger partial charge in [0.15, 0.2) is 11.6 Å². The van der Waals surface area contributed by atoms with Gasteiger partial charge in [-0.15, -0.1) is 0 Å². The third-order valence-corrected chi connectivity index (χ3v) is 2.13. The Morgan fingerprint density at radius 2 is 2.27 bits per heavy atom. The van der Waals surface area contributed by atoms with E-state index < -0.39 is 0 Å². The largest absolute Gasteiger partial charge is 0.381 e. The van der Waals surface area contributed by atoms with Gasteiger partial charge in [-0.2, -0.15) is 0 Å². The summed E-state index contributed by atoms with van der Waals surface area (Å²) < 4.78 is 17.7. The predicted octanol–water partition coefficient (Wildman–Crippen LogP) is 2.02. The second-order valence-corrected chi connectivity index (χ2v) is 3.09. The van der Waals surface area contributed by atoms with Crippen molar-refractivity contribution in [1.82, 2.24) is 10.1 Å². The van der Waals surface area contributed by atoms with Crippen molar-refractivity contribution >= 4 is 5.82 Å². The predicted molar refractivity (Wildman–Crippen MR) is 53.5 cm³/mol. The number of hydrogen-bond donors (Lipinski definition) is 1. The molecule has 2 rings (SSSR count). The van der Waals surface area contributed by atoms with Crippen molar-refractivity contribution < 1.29 is 8.91 Å². The van der Waals surface area contributed by atoms with Crippen LogP contribution in [0.25, 0.3) is 11.5 Å². The molecule has 0 atom stereocenters. The van der Waals surface area contributed by atoms with E-state index in [1.54, 1.807) is 0 Å². The molecule has 78 valence electrons. The Kier molecular flexibility index (Phi) is 2.37. The second-order valence-electron chi connectivity index (χ2n) is 3.09. The molecule has 2 N–H and O–H groups in total. The van der Waals surface area contributed by atoms with Crippen LogP contribution in [0.15, 0.2) is 22.9 Å². The normalized spacial score (nSPS) is 10.5. The van der Waals surface area contributed by atoms with Crippen LogP contribution in [0, 0.1) is 5.82 Å². The number of nitrogen functional groups attached to an aromatic ring is 1. The fraction of sp³-hybridized carbons (Fsp3) is 0.200. The SMILES string of the molecule is CCc1c(N)noc1-c1ccc(F)cn1. The van der Waals surface area contributed by atoms with Gasteiger partial charge >= 0.3 is 0 Å². The van der Waals surface area contributed by atoms with Crippen LogP contribution in [0.1, 0.15) is 12.5 Å². The summed E-state index contributed by atoms with van der Waals surface area (Å²) in [6.07, 6.45) is 1.83. The van der Waals surface area contributed by atoms with Crippen LogP contribution in [0.2, 0.25) is 0 Å². The van der Waals surface area contributed by atoms with E-state index in [0.717, 1.165) is 11.8 Å². The standard InChI is InChI=1S/C10H10FN3O/c1-2-7-9(15-14-10(7)12)8-4-3-6(11)5-13-8/h3-5H,2H2,1H3,(H2,12,14). The lowest BCUT2D eigenvalue weighted by Gasteiger charge is -1.97. The molecule has 0 unspecified atom stereocenters. The Bertz CT molecular complexity index is 464. The molecule has 0 aliphatic heterocycles. The molecule has 2 aromatic heterocycles. The molecule has 2 heterocycles. The number of hydrogen-bond acceptors (Lipinski definition) is 4. The van der Waals surface area contributed by atoms with Crippen LogP contribution in [0.4, 0.5) is 10.2 Å². The van der Waals surface area contributed by atoms with Gasteiger partial charge in [-0.25, -0.2) is 9.37 Å². The second kappa shape index (κ2) is 3.68. The third-order valence-electron chi connectivity index (χ3n) is 2.13. The maximum absolute atomic E-state index is 12.7. The summed E-state index contributed by atoms with van der Waals surface area (Å²) in [7, 11) is 0. The highest BCUT2D eigenvalue weighted by Crippen LogP contribution is 2.26. The van der Waals surface area contributed by atoms with Crippen molar-refractivity contribution in [3.05, 3.63) is 29.7 Å². The van der Waals surface area contributed by atoms with E-state index in [1.807, 2.05) is 6.92 Å². The van der Waals surface area contributed by atoms with Gasteiger partial charge in [0, 0.05) is 5.56 Å². The number of rotatable bonds is 2. The van der Waals surface area contributed by atoms with Gasteiger partial charge < -0.3 is 10.3 Å². The molecule has 0 radical (unpaired) electrons. The lowest BCUT2D eigenvalue weighted by Crippen LogP contribution is -1.92. The van der Waals surface area contributed by atoms with E-state index in [0.29, 0.717) is 23.7 Å². The Balaban J connectivity index is 2.49. The van der Waals surface area contributed by atoms with E-state index in [2.05, 4.69) is 10.1 Å². The molecule has 0 spiro atoms. The number of aromatic nitrogens is 2. The minimum Gasteiger partial charge on any atom is -0.381 e. The fourth-order valence-corrected chi connectivity index (χ4v) is 1.37. The zero-order valence-electron chi connectivity index (χ0n) is 8.20. The first-order chi connectivity index (χ1) is 7.22. The van der Waals surface area contributed by atoms with E-state index in [4.69, 9.17) is 10.3 Å². The van der Waals surface area contributed by atoms with Crippen molar-refractivity contribution in [2.24, 2.45) is 0 Å². The Morgan fingerprint density at radius 1 is 1.47 bits per heavy atom. The average molecular weight is 207 g/mol. The van der Waals surface area contributed by atoms with E-state index in [-0.39, 0.29) is 5.82 Å². The van der Waals surface area contributed by atoms with Gasteiger partial charge in [-0.1, -0.05) is 12.1 Å². The summed E-state index contributed by atoms with van der Waals surface area (Å²) in [6, 6.07) is 2.86. The minimum absolute atomic E-state index is 0.360. The van der Waals surface area contributed by atoms with Crippen molar-refractivity contribution in [1.29, 1.82) is 0 Å². The van der Waals surface area contributed by atoms with E-state index in [9.17, 15) is 4.39 Å². The number of nitrogens with two attached hydrogens (primary N) is 1. The minimum atomic E-state index is -0.385. The summed E-state index contributed by atoms with van der Waals surface area (Å²) in [5, 5.41) is 3.66. The molecule has 15 heavy (non-hydrogen) atoms. The maximum atomic E-state index is 12.7. The molecular weight excluding hydrogens is 197 g/mol. The molecule has 0 saturated carbocycles. The van der Waals surface area contributed by atoms with Crippen LogP contribution in [-0.4, -0.2) is 10.1 Å². The molecule has 0 bridgehead atoms. The molecule has 0 aliphatic rings. The number of nitrogens with zero attached hydrogens (tertiary/aromatic N) is 2. The highest BCUT2D eigenvalue weighted by molar-refractivity contribution is 5.62. The van der Waals surface area contributed by atoms with Crippen molar-refractivity contribution in [2.75, 3.05) is 5.73 Å². The van der Waals surface area contributed by atoms with Crippen LogP contribution < -0.4 is 5.73 Å². The van der Waals surface area contributed by atoms with Crippen molar-refractivity contribution in [3.63, 3.8) is 0 Å². The lowest BCUT2D eigenvalue weighted by molar-refractivity contribution is 0.433. The Morgan fingerprint density at radius 3 is 2.87 bits per heavy atom. The number of pyridine rings is 1. The topological polar surface area (TPSA) is 64.9 Å². The Hall–Kier alpha value is -1.91. The summed E-state index contributed by atoms with van der Waals surface area (Å²) in [6.45, 7) is 1.94. The quantitative estimate of drug-likeness (QED) is 0.818. The molecule has 0 aromatic carbocycles. The molecule has 4 nitrogen and oxygen atoms in total. The van der Waals surface area contributed by atoms with E-state index >= 15 is 0 Å². The molecule has 0 amide bonds. The first-order valence-electron chi connectivity index (χ1n) is 4.58. The van der Waals surface area contributed by atoms with Gasteiger partial charge in [0.1, 0.15) is 11.5 Å². The maximum Gasteiger partial charge on any atom is 0.190 e. The van der Waals surface area contributed by atoms with Gasteiger partial charge in [-0.3, -0.25) is 0 Å². The number of anilines is 1. The van der Waals surface area contributed by atoms with Crippen molar-refractivity contribution in [3.8, 4) is 11.5 Å². The smallest absolute Gasteiger partial charge is 0.190 e. The van der Waals surface area contributed by atoms with Crippen LogP contribution in [0.3, 0.4) is 0 Å². The van der Waals surface area contributed by atoms with Gasteiger partial charge in [0.05, 0.1) is 6.20 Å². The Labute approximate surface area is 85.9 Å². The summed E-state index contributed by atoms with van der Waals surface area (Å²) >= 11 is 0. The molecule has 0 fully saturated rings. The fourth-order valence-electron chi connectivity index (χ4n) is 1.37. The zero-order valence-corrected chi connectivity index (χ0v) is 8.20. The van der Waals surface area contributed by atoms with Crippen LogP contribution >= 0.6 is 0 Å². The lowest BCUT2D eigenvalue weighted by atomic mass is 10.1. The highest BCUT2D eigenvalue weighted by Gasteiger charge is 2.14. The first-order valence-corrected chi connectivity index (χ1v) is 4.58. The van der Waals surface area contributed by atoms with Crippen LogP contribution in [0.5, 0.6) is 0 Å². The monoisotopic (exact) mass is 207 g/mol. The van der Waals surface area contributed by atoms with Gasteiger partial charge in [0.2, 0.25) is 0 Å². The van der Waals surface area contributed by atoms with Crippen LogP contribution in [-0.2, 0) is 6.42 Å². The summed E-state index contributed by atoms with van der Waals surface area (Å²) in [5.41, 5.74) is 6.95. The molecule has 0 saturated heterocycles. The molecule has 5 heteroatoms.